The molecule has 0 bridgehead atoms. The first-order valence-electron chi connectivity index (χ1n) is 3.62. The smallest absolute Gasteiger partial charge is 0.227 e. The van der Waals surface area contributed by atoms with Crippen molar-refractivity contribution in [2.45, 2.75) is 12.8 Å². The molecule has 2 rings (SSSR count). The third-order valence-corrected chi connectivity index (χ3v) is 1.29. The number of anilines is 1. The molecule has 2 amide bonds. The molecule has 7 heteroatoms. The van der Waals surface area contributed by atoms with E-state index in [0.717, 1.165) is 0 Å². The summed E-state index contributed by atoms with van der Waals surface area (Å²) in [4.78, 5) is 20.2. The molecule has 0 aromatic carbocycles. The molecule has 0 aliphatic carbocycles. The first-order valence-corrected chi connectivity index (χ1v) is 3.62. The highest BCUT2D eigenvalue weighted by Crippen LogP contribution is 1.95. The molecule has 1 aromatic heterocycles. The molecule has 2 heterocycles. The zero-order chi connectivity index (χ0) is 9.68. The summed E-state index contributed by atoms with van der Waals surface area (Å²) in [5.41, 5.74) is 5.10. The van der Waals surface area contributed by atoms with Crippen LogP contribution in [0.25, 0.3) is 0 Å². The quantitative estimate of drug-likeness (QED) is 0.437. The molecule has 0 spiro atoms. The van der Waals surface area contributed by atoms with Crippen LogP contribution in [0.4, 0.5) is 5.82 Å². The Labute approximate surface area is 73.7 Å². The van der Waals surface area contributed by atoms with Gasteiger partial charge in [-0.2, -0.15) is 0 Å². The number of carbonyl (C=O) groups excluding carboxylic acids is 2. The van der Waals surface area contributed by atoms with Gasteiger partial charge in [-0.1, -0.05) is 5.21 Å². The van der Waals surface area contributed by atoms with E-state index in [2.05, 4.69) is 20.7 Å². The van der Waals surface area contributed by atoms with Crippen molar-refractivity contribution in [1.29, 1.82) is 0 Å². The van der Waals surface area contributed by atoms with E-state index < -0.39 is 0 Å². The van der Waals surface area contributed by atoms with Gasteiger partial charge in [0.1, 0.15) is 5.82 Å². The fourth-order valence-corrected chi connectivity index (χ4v) is 0.714. The zero-order valence-corrected chi connectivity index (χ0v) is 6.78. The summed E-state index contributed by atoms with van der Waals surface area (Å²) in [5.74, 6) is 0.199. The van der Waals surface area contributed by atoms with Crippen LogP contribution in [0.1, 0.15) is 12.8 Å². The molecule has 1 aliphatic rings. The number of aromatic nitrogens is 3. The highest BCUT2D eigenvalue weighted by molar-refractivity contribution is 6.01. The Balaban J connectivity index is 0.000000132. The molecule has 7 nitrogen and oxygen atoms in total. The predicted octanol–water partition coefficient (Wildman–Crippen LogP) is -1.19. The predicted molar refractivity (Wildman–Crippen MR) is 43.2 cm³/mol. The van der Waals surface area contributed by atoms with Crippen LogP contribution in [-0.2, 0) is 9.59 Å². The number of amides is 2. The first kappa shape index (κ1) is 9.17. The van der Waals surface area contributed by atoms with E-state index in [1.54, 1.807) is 0 Å². The van der Waals surface area contributed by atoms with Gasteiger partial charge in [-0.15, -0.1) is 5.10 Å². The van der Waals surface area contributed by atoms with Gasteiger partial charge in [-0.25, -0.2) is 5.10 Å². The van der Waals surface area contributed by atoms with E-state index in [1.165, 1.54) is 6.20 Å². The first-order chi connectivity index (χ1) is 6.18. The van der Waals surface area contributed by atoms with Gasteiger partial charge in [-0.05, 0) is 0 Å². The average Bonchev–Trinajstić information content (AvgIpc) is 2.64. The Morgan fingerprint density at radius 2 is 1.92 bits per heavy atom. The monoisotopic (exact) mass is 183 g/mol. The molecule has 0 radical (unpaired) electrons. The molecule has 1 aliphatic heterocycles. The largest absolute Gasteiger partial charge is 0.383 e. The lowest BCUT2D eigenvalue weighted by Gasteiger charge is -1.79. The van der Waals surface area contributed by atoms with Crippen molar-refractivity contribution in [1.82, 2.24) is 20.7 Å². The van der Waals surface area contributed by atoms with Crippen LogP contribution >= 0.6 is 0 Å². The van der Waals surface area contributed by atoms with Crippen LogP contribution in [0, 0.1) is 0 Å². The second kappa shape index (κ2) is 4.19. The van der Waals surface area contributed by atoms with Gasteiger partial charge in [0.2, 0.25) is 11.8 Å². The number of nitrogens with two attached hydrogens (primary N) is 1. The number of nitrogen functional groups attached to an aromatic ring is 1. The molecule has 0 unspecified atom stereocenters. The van der Waals surface area contributed by atoms with Crippen molar-refractivity contribution >= 4 is 17.6 Å². The summed E-state index contributed by atoms with van der Waals surface area (Å²) in [5, 5.41) is 11.3. The van der Waals surface area contributed by atoms with Gasteiger partial charge in [0.05, 0.1) is 6.20 Å². The highest BCUT2D eigenvalue weighted by Gasteiger charge is 2.15. The lowest BCUT2D eigenvalue weighted by molar-refractivity contribution is -0.124. The van der Waals surface area contributed by atoms with E-state index in [-0.39, 0.29) is 11.8 Å². The average molecular weight is 183 g/mol. The van der Waals surface area contributed by atoms with Crippen molar-refractivity contribution in [3.63, 3.8) is 0 Å². The van der Waals surface area contributed by atoms with Crippen molar-refractivity contribution in [3.8, 4) is 0 Å². The molecule has 0 saturated carbocycles. The van der Waals surface area contributed by atoms with Crippen LogP contribution in [0.5, 0.6) is 0 Å². The molecule has 13 heavy (non-hydrogen) atoms. The number of carbonyl (C=O) groups is 2. The third kappa shape index (κ3) is 3.32. The molecular formula is C6H9N5O2. The zero-order valence-electron chi connectivity index (χ0n) is 6.78. The maximum absolute atomic E-state index is 10.1. The van der Waals surface area contributed by atoms with Crippen molar-refractivity contribution < 1.29 is 9.59 Å². The number of hydrogen-bond donors (Lipinski definition) is 3. The molecular weight excluding hydrogens is 174 g/mol. The van der Waals surface area contributed by atoms with Gasteiger partial charge in [0, 0.05) is 12.8 Å². The van der Waals surface area contributed by atoms with E-state index in [1.807, 2.05) is 0 Å². The number of rotatable bonds is 0. The fourth-order valence-electron chi connectivity index (χ4n) is 0.714. The summed E-state index contributed by atoms with van der Waals surface area (Å²) in [6.07, 6.45) is 2.19. The Kier molecular flexibility index (Phi) is 2.96. The number of H-pyrrole nitrogens is 1. The van der Waals surface area contributed by atoms with Gasteiger partial charge in [0.25, 0.3) is 0 Å². The van der Waals surface area contributed by atoms with Crippen LogP contribution in [-0.4, -0.2) is 27.2 Å². The second-order valence-electron chi connectivity index (χ2n) is 2.38. The molecule has 1 aromatic rings. The van der Waals surface area contributed by atoms with Crippen LogP contribution < -0.4 is 11.1 Å². The molecule has 1 saturated heterocycles. The van der Waals surface area contributed by atoms with Gasteiger partial charge >= 0.3 is 0 Å². The molecule has 1 fully saturated rings. The van der Waals surface area contributed by atoms with Gasteiger partial charge < -0.3 is 5.73 Å². The van der Waals surface area contributed by atoms with Crippen LogP contribution in [0.15, 0.2) is 6.20 Å². The SMILES string of the molecule is Nc1cnn[nH]1.O=C1CCC(=O)N1. The summed E-state index contributed by atoms with van der Waals surface area (Å²) in [6.45, 7) is 0. The van der Waals surface area contributed by atoms with Crippen LogP contribution in [0.3, 0.4) is 0 Å². The number of nitrogens with zero attached hydrogens (tertiary/aromatic N) is 2. The molecule has 0 atom stereocenters. The van der Waals surface area contributed by atoms with E-state index >= 15 is 0 Å². The minimum absolute atomic E-state index is 0.148. The second-order valence-corrected chi connectivity index (χ2v) is 2.38. The Morgan fingerprint density at radius 3 is 2.08 bits per heavy atom. The summed E-state index contributed by atoms with van der Waals surface area (Å²) >= 11 is 0. The number of hydrogen-bond acceptors (Lipinski definition) is 5. The van der Waals surface area contributed by atoms with Gasteiger partial charge in [0.15, 0.2) is 0 Å². The van der Waals surface area contributed by atoms with Crippen molar-refractivity contribution in [2.75, 3.05) is 5.73 Å². The maximum atomic E-state index is 10.1. The Bertz CT molecular complexity index is 280. The molecule has 4 N–H and O–H groups in total. The Morgan fingerprint density at radius 1 is 1.31 bits per heavy atom. The minimum Gasteiger partial charge on any atom is -0.383 e. The van der Waals surface area contributed by atoms with E-state index in [4.69, 9.17) is 5.73 Å². The summed E-state index contributed by atoms with van der Waals surface area (Å²) < 4.78 is 0. The van der Waals surface area contributed by atoms with Crippen LogP contribution in [0.2, 0.25) is 0 Å². The summed E-state index contributed by atoms with van der Waals surface area (Å²) in [7, 11) is 0. The fraction of sp³-hybridized carbons (Fsp3) is 0.333. The minimum atomic E-state index is -0.148. The standard InChI is InChI=1S/C4H5NO2.C2H4N4/c6-3-1-2-4(7)5-3;3-2-1-4-6-5-2/h1-2H2,(H,5,6,7);1H,(H3,3,4,5,6). The number of nitrogens with one attached hydrogen (secondary N) is 2. The number of aromatic amines is 1. The van der Waals surface area contributed by atoms with Gasteiger partial charge in [-0.3, -0.25) is 14.9 Å². The lowest BCUT2D eigenvalue weighted by atomic mass is 10.4. The highest BCUT2D eigenvalue weighted by atomic mass is 16.2. The topological polar surface area (TPSA) is 114 Å². The normalized spacial score (nSPS) is 14.8. The lowest BCUT2D eigenvalue weighted by Crippen LogP contribution is -2.18. The molecule has 70 valence electrons. The van der Waals surface area contributed by atoms with Crippen molar-refractivity contribution in [3.05, 3.63) is 6.20 Å². The Hall–Kier alpha value is -1.92. The number of imide groups is 1. The summed E-state index contributed by atoms with van der Waals surface area (Å²) in [6, 6.07) is 0. The third-order valence-electron chi connectivity index (χ3n) is 1.29. The van der Waals surface area contributed by atoms with E-state index in [0.29, 0.717) is 18.7 Å². The van der Waals surface area contributed by atoms with Crippen molar-refractivity contribution in [2.24, 2.45) is 0 Å². The maximum Gasteiger partial charge on any atom is 0.227 e. The van der Waals surface area contributed by atoms with E-state index in [9.17, 15) is 9.59 Å².